The average Bonchev–Trinajstić information content (AvgIpc) is 2.77. The number of nitrogens with one attached hydrogen (secondary N) is 1. The Balaban J connectivity index is 2.22. The minimum Gasteiger partial charge on any atom is -0.481 e. The van der Waals surface area contributed by atoms with Gasteiger partial charge in [-0.1, -0.05) is 0 Å². The number of hydrogen-bond donors (Lipinski definition) is 1. The zero-order valence-electron chi connectivity index (χ0n) is 8.90. The summed E-state index contributed by atoms with van der Waals surface area (Å²) in [6, 6.07) is 3.80. The molecular weight excluding hydrogens is 192 g/mol. The van der Waals surface area contributed by atoms with Crippen molar-refractivity contribution in [2.45, 2.75) is 6.92 Å². The van der Waals surface area contributed by atoms with Gasteiger partial charge >= 0.3 is 0 Å². The second-order valence-electron chi connectivity index (χ2n) is 3.20. The van der Waals surface area contributed by atoms with Gasteiger partial charge in [0.1, 0.15) is 6.67 Å². The molecule has 0 atom stereocenters. The predicted octanol–water partition coefficient (Wildman–Crippen LogP) is 0.634. The molecule has 0 amide bonds. The van der Waals surface area contributed by atoms with Crippen LogP contribution in [0.4, 0.5) is 0 Å². The molecule has 0 saturated carbocycles. The Morgan fingerprint density at radius 3 is 3.00 bits per heavy atom. The molecule has 0 bridgehead atoms. The third-order valence-corrected chi connectivity index (χ3v) is 2.33. The van der Waals surface area contributed by atoms with Gasteiger partial charge in [-0.05, 0) is 13.0 Å². The molecule has 0 radical (unpaired) electrons. The molecule has 1 aromatic rings. The van der Waals surface area contributed by atoms with Crippen LogP contribution in [0.15, 0.2) is 23.4 Å². The molecule has 0 aromatic carbocycles. The molecule has 0 aliphatic carbocycles. The highest BCUT2D eigenvalue weighted by molar-refractivity contribution is 5.99. The van der Waals surface area contributed by atoms with Crippen LogP contribution in [-0.4, -0.2) is 36.0 Å². The molecule has 5 heteroatoms. The highest BCUT2D eigenvalue weighted by Gasteiger charge is 2.16. The Morgan fingerprint density at radius 1 is 1.53 bits per heavy atom. The molecule has 1 aromatic heterocycles. The van der Waals surface area contributed by atoms with Crippen molar-refractivity contribution in [2.24, 2.45) is 5.10 Å². The summed E-state index contributed by atoms with van der Waals surface area (Å²) < 4.78 is 5.00. The average molecular weight is 206 g/mol. The van der Waals surface area contributed by atoms with E-state index in [1.165, 1.54) is 0 Å². The van der Waals surface area contributed by atoms with Gasteiger partial charge in [-0.2, -0.15) is 5.10 Å². The summed E-state index contributed by atoms with van der Waals surface area (Å²) in [6.45, 7) is 3.79. The number of ether oxygens (including phenoxy) is 1. The van der Waals surface area contributed by atoms with Crippen LogP contribution in [0.3, 0.4) is 0 Å². The van der Waals surface area contributed by atoms with Crippen molar-refractivity contribution in [1.82, 2.24) is 15.3 Å². The Bertz CT molecular complexity index is 360. The molecule has 0 saturated heterocycles. The van der Waals surface area contributed by atoms with Crippen LogP contribution in [0.25, 0.3) is 0 Å². The number of hydrazone groups is 1. The van der Waals surface area contributed by atoms with Gasteiger partial charge in [-0.25, -0.2) is 4.98 Å². The topological polar surface area (TPSA) is 49.8 Å². The minimum absolute atomic E-state index is 0.619. The molecule has 0 unspecified atom stereocenters. The van der Waals surface area contributed by atoms with E-state index >= 15 is 0 Å². The summed E-state index contributed by atoms with van der Waals surface area (Å²) in [4.78, 5) is 6.30. The van der Waals surface area contributed by atoms with Gasteiger partial charge in [0.05, 0.1) is 7.11 Å². The first-order valence-electron chi connectivity index (χ1n) is 4.91. The quantitative estimate of drug-likeness (QED) is 0.788. The lowest BCUT2D eigenvalue weighted by atomic mass is 10.2. The van der Waals surface area contributed by atoms with E-state index < -0.39 is 0 Å². The van der Waals surface area contributed by atoms with Gasteiger partial charge in [-0.15, -0.1) is 0 Å². The molecule has 0 fully saturated rings. The number of methoxy groups -OCH3 is 1. The van der Waals surface area contributed by atoms with Crippen molar-refractivity contribution in [3.8, 4) is 5.88 Å². The molecule has 1 aliphatic rings. The van der Waals surface area contributed by atoms with Gasteiger partial charge < -0.3 is 9.64 Å². The SMILES string of the molecule is CCN1CNN=C1c1ccc(OC)nc1. The van der Waals surface area contributed by atoms with Crippen molar-refractivity contribution in [2.75, 3.05) is 20.3 Å². The molecule has 5 nitrogen and oxygen atoms in total. The zero-order chi connectivity index (χ0) is 10.7. The summed E-state index contributed by atoms with van der Waals surface area (Å²) in [5.74, 6) is 1.56. The van der Waals surface area contributed by atoms with E-state index in [4.69, 9.17) is 4.74 Å². The number of hydrogen-bond acceptors (Lipinski definition) is 5. The third kappa shape index (κ3) is 1.86. The van der Waals surface area contributed by atoms with E-state index in [9.17, 15) is 0 Å². The number of aromatic nitrogens is 1. The number of pyridine rings is 1. The van der Waals surface area contributed by atoms with E-state index in [2.05, 4.69) is 27.3 Å². The van der Waals surface area contributed by atoms with Crippen LogP contribution >= 0.6 is 0 Å². The standard InChI is InChI=1S/C10H14N4O/c1-3-14-7-12-13-10(14)8-4-5-9(15-2)11-6-8/h4-6,12H,3,7H2,1-2H3. The highest BCUT2D eigenvalue weighted by atomic mass is 16.5. The lowest BCUT2D eigenvalue weighted by molar-refractivity contribution is 0.397. The fourth-order valence-corrected chi connectivity index (χ4v) is 1.48. The van der Waals surface area contributed by atoms with Crippen LogP contribution in [0.5, 0.6) is 5.88 Å². The van der Waals surface area contributed by atoms with Gasteiger partial charge in [0.15, 0.2) is 5.84 Å². The van der Waals surface area contributed by atoms with Gasteiger partial charge in [0.25, 0.3) is 0 Å². The van der Waals surface area contributed by atoms with Gasteiger partial charge in [0, 0.05) is 24.4 Å². The first-order chi connectivity index (χ1) is 7.35. The normalized spacial score (nSPS) is 14.8. The Hall–Kier alpha value is -1.78. The maximum absolute atomic E-state index is 5.00. The Kier molecular flexibility index (Phi) is 2.71. The van der Waals surface area contributed by atoms with Crippen LogP contribution in [-0.2, 0) is 0 Å². The van der Waals surface area contributed by atoms with E-state index in [1.54, 1.807) is 13.3 Å². The van der Waals surface area contributed by atoms with Crippen molar-refractivity contribution < 1.29 is 4.74 Å². The molecular formula is C10H14N4O. The van der Waals surface area contributed by atoms with Crippen LogP contribution in [0, 0.1) is 0 Å². The van der Waals surface area contributed by atoms with Gasteiger partial charge in [-0.3, -0.25) is 5.43 Å². The third-order valence-electron chi connectivity index (χ3n) is 2.33. The monoisotopic (exact) mass is 206 g/mol. The van der Waals surface area contributed by atoms with Crippen molar-refractivity contribution in [3.63, 3.8) is 0 Å². The Labute approximate surface area is 88.8 Å². The second-order valence-corrected chi connectivity index (χ2v) is 3.20. The molecule has 80 valence electrons. The summed E-state index contributed by atoms with van der Waals surface area (Å²) in [5.41, 5.74) is 3.96. The largest absolute Gasteiger partial charge is 0.481 e. The van der Waals surface area contributed by atoms with Crippen LogP contribution in [0.1, 0.15) is 12.5 Å². The smallest absolute Gasteiger partial charge is 0.212 e. The molecule has 2 heterocycles. The van der Waals surface area contributed by atoms with Crippen molar-refractivity contribution in [3.05, 3.63) is 23.9 Å². The maximum Gasteiger partial charge on any atom is 0.212 e. The van der Waals surface area contributed by atoms with Crippen LogP contribution < -0.4 is 10.2 Å². The van der Waals surface area contributed by atoms with E-state index in [0.29, 0.717) is 5.88 Å². The first-order valence-corrected chi connectivity index (χ1v) is 4.91. The molecule has 1 N–H and O–H groups in total. The molecule has 2 rings (SSSR count). The van der Waals surface area contributed by atoms with Gasteiger partial charge in [0.2, 0.25) is 5.88 Å². The molecule has 0 spiro atoms. The Morgan fingerprint density at radius 2 is 2.40 bits per heavy atom. The van der Waals surface area contributed by atoms with Crippen molar-refractivity contribution >= 4 is 5.84 Å². The predicted molar refractivity (Wildman–Crippen MR) is 57.7 cm³/mol. The lowest BCUT2D eigenvalue weighted by Crippen LogP contribution is -2.29. The fourth-order valence-electron chi connectivity index (χ4n) is 1.48. The fraction of sp³-hybridized carbons (Fsp3) is 0.400. The number of rotatable bonds is 3. The molecule has 15 heavy (non-hydrogen) atoms. The number of nitrogens with zero attached hydrogens (tertiary/aromatic N) is 3. The number of amidine groups is 1. The second kappa shape index (κ2) is 4.16. The summed E-state index contributed by atoms with van der Waals surface area (Å²) >= 11 is 0. The summed E-state index contributed by atoms with van der Waals surface area (Å²) in [5, 5.41) is 4.23. The van der Waals surface area contributed by atoms with Crippen molar-refractivity contribution in [1.29, 1.82) is 0 Å². The lowest BCUT2D eigenvalue weighted by Gasteiger charge is -2.16. The van der Waals surface area contributed by atoms with E-state index in [0.717, 1.165) is 24.6 Å². The molecule has 1 aliphatic heterocycles. The summed E-state index contributed by atoms with van der Waals surface area (Å²) in [6.07, 6.45) is 1.77. The zero-order valence-corrected chi connectivity index (χ0v) is 8.90. The van der Waals surface area contributed by atoms with E-state index in [-0.39, 0.29) is 0 Å². The first kappa shape index (κ1) is 9.76. The summed E-state index contributed by atoms with van der Waals surface area (Å²) in [7, 11) is 1.61. The maximum atomic E-state index is 5.00. The van der Waals surface area contributed by atoms with E-state index in [1.807, 2.05) is 12.1 Å². The highest BCUT2D eigenvalue weighted by Crippen LogP contribution is 2.11. The van der Waals surface area contributed by atoms with Crippen LogP contribution in [0.2, 0.25) is 0 Å². The minimum atomic E-state index is 0.619.